The Bertz CT molecular complexity index is 442. The monoisotopic (exact) mass is 462 g/mol. The van der Waals surface area contributed by atoms with Gasteiger partial charge in [0.05, 0.1) is 0 Å². The Balaban J connectivity index is 0.00000576. The smallest absolute Gasteiger partial charge is 0.191 e. The summed E-state index contributed by atoms with van der Waals surface area (Å²) in [6, 6.07) is 10.5. The van der Waals surface area contributed by atoms with Gasteiger partial charge in [-0.1, -0.05) is 18.2 Å². The van der Waals surface area contributed by atoms with Gasteiger partial charge < -0.3 is 20.3 Å². The number of nitrogens with one attached hydrogen (secondary N) is 2. The molecule has 25 heavy (non-hydrogen) atoms. The van der Waals surface area contributed by atoms with E-state index < -0.39 is 0 Å². The molecule has 0 aliphatic carbocycles. The van der Waals surface area contributed by atoms with E-state index >= 15 is 0 Å². The van der Waals surface area contributed by atoms with Crippen molar-refractivity contribution in [1.82, 2.24) is 10.6 Å². The molecule has 5 nitrogen and oxygen atoms in total. The second kappa shape index (κ2) is 16.4. The van der Waals surface area contributed by atoms with Gasteiger partial charge in [0, 0.05) is 52.1 Å². The Hall–Kier alpha value is -1.02. The van der Waals surface area contributed by atoms with Gasteiger partial charge in [0.25, 0.3) is 0 Å². The SMILES string of the molecule is CCNC(=NCCCOCC)NCCCCN(C)c1ccccc1.I. The average molecular weight is 462 g/mol. The minimum absolute atomic E-state index is 0. The maximum atomic E-state index is 5.33. The number of nitrogens with zero attached hydrogens (tertiary/aromatic N) is 2. The van der Waals surface area contributed by atoms with E-state index in [1.165, 1.54) is 5.69 Å². The van der Waals surface area contributed by atoms with Crippen LogP contribution in [0.15, 0.2) is 35.3 Å². The number of para-hydroxylation sites is 1. The third-order valence-corrected chi connectivity index (χ3v) is 3.67. The summed E-state index contributed by atoms with van der Waals surface area (Å²) in [7, 11) is 2.15. The summed E-state index contributed by atoms with van der Waals surface area (Å²) in [5.74, 6) is 0.908. The third-order valence-electron chi connectivity index (χ3n) is 3.67. The normalized spacial score (nSPS) is 10.9. The first-order chi connectivity index (χ1) is 11.8. The van der Waals surface area contributed by atoms with Crippen molar-refractivity contribution in [2.75, 3.05) is 51.3 Å². The first kappa shape index (κ1) is 24.0. The minimum Gasteiger partial charge on any atom is -0.382 e. The number of hydrogen-bond acceptors (Lipinski definition) is 3. The summed E-state index contributed by atoms with van der Waals surface area (Å²) in [5.41, 5.74) is 1.27. The van der Waals surface area contributed by atoms with Crippen LogP contribution in [-0.2, 0) is 4.74 Å². The van der Waals surface area contributed by atoms with Gasteiger partial charge in [-0.3, -0.25) is 4.99 Å². The van der Waals surface area contributed by atoms with Crippen LogP contribution < -0.4 is 15.5 Å². The second-order valence-electron chi connectivity index (χ2n) is 5.70. The predicted molar refractivity (Wildman–Crippen MR) is 119 cm³/mol. The molecule has 0 saturated heterocycles. The van der Waals surface area contributed by atoms with Gasteiger partial charge >= 0.3 is 0 Å². The number of rotatable bonds is 12. The van der Waals surface area contributed by atoms with Gasteiger partial charge in [-0.05, 0) is 45.2 Å². The number of halogens is 1. The zero-order chi connectivity index (χ0) is 17.5. The molecule has 0 heterocycles. The predicted octanol–water partition coefficient (Wildman–Crippen LogP) is 3.50. The highest BCUT2D eigenvalue weighted by Crippen LogP contribution is 2.11. The van der Waals surface area contributed by atoms with E-state index in [4.69, 9.17) is 4.74 Å². The fourth-order valence-electron chi connectivity index (χ4n) is 2.34. The van der Waals surface area contributed by atoms with Crippen molar-refractivity contribution >= 4 is 35.6 Å². The van der Waals surface area contributed by atoms with E-state index in [-0.39, 0.29) is 24.0 Å². The molecule has 144 valence electrons. The second-order valence-corrected chi connectivity index (χ2v) is 5.70. The minimum atomic E-state index is 0. The number of hydrogen-bond donors (Lipinski definition) is 2. The molecule has 6 heteroatoms. The molecule has 0 bridgehead atoms. The topological polar surface area (TPSA) is 48.9 Å². The van der Waals surface area contributed by atoms with Crippen molar-refractivity contribution < 1.29 is 4.74 Å². The summed E-state index contributed by atoms with van der Waals surface area (Å²) >= 11 is 0. The summed E-state index contributed by atoms with van der Waals surface area (Å²) in [6.45, 7) is 9.36. The first-order valence-electron chi connectivity index (χ1n) is 9.14. The molecule has 0 aliphatic rings. The van der Waals surface area contributed by atoms with Crippen LogP contribution in [-0.4, -0.2) is 52.4 Å². The Morgan fingerprint density at radius 1 is 1.08 bits per heavy atom. The van der Waals surface area contributed by atoms with Crippen LogP contribution in [0.4, 0.5) is 5.69 Å². The summed E-state index contributed by atoms with van der Waals surface area (Å²) in [6.07, 6.45) is 3.24. The molecule has 0 spiro atoms. The molecule has 0 unspecified atom stereocenters. The quantitative estimate of drug-likeness (QED) is 0.216. The van der Waals surface area contributed by atoms with Crippen LogP contribution in [0.2, 0.25) is 0 Å². The molecular formula is C19H35IN4O. The Morgan fingerprint density at radius 2 is 1.84 bits per heavy atom. The molecule has 0 radical (unpaired) electrons. The number of ether oxygens (including phenoxy) is 1. The Labute approximate surface area is 170 Å². The van der Waals surface area contributed by atoms with E-state index in [2.05, 4.69) is 64.8 Å². The fourth-order valence-corrected chi connectivity index (χ4v) is 2.34. The summed E-state index contributed by atoms with van der Waals surface area (Å²) in [5, 5.41) is 6.69. The standard InChI is InChI=1S/C19H34N4O.HI/c1-4-20-19(22-15-11-17-24-5-2)21-14-9-10-16-23(3)18-12-7-6-8-13-18;/h6-8,12-13H,4-5,9-11,14-17H2,1-3H3,(H2,20,21,22);1H. The molecule has 0 atom stereocenters. The number of anilines is 1. The highest BCUT2D eigenvalue weighted by Gasteiger charge is 2.00. The molecule has 0 aliphatic heterocycles. The van der Waals surface area contributed by atoms with Gasteiger partial charge in [-0.25, -0.2) is 0 Å². The van der Waals surface area contributed by atoms with Crippen LogP contribution in [0, 0.1) is 0 Å². The lowest BCUT2D eigenvalue weighted by Crippen LogP contribution is -2.38. The molecule has 1 rings (SSSR count). The summed E-state index contributed by atoms with van der Waals surface area (Å²) in [4.78, 5) is 6.87. The lowest BCUT2D eigenvalue weighted by atomic mass is 10.2. The molecule has 1 aromatic rings. The Kier molecular flexibility index (Phi) is 15.8. The van der Waals surface area contributed by atoms with Crippen molar-refractivity contribution in [2.24, 2.45) is 4.99 Å². The number of benzene rings is 1. The van der Waals surface area contributed by atoms with Gasteiger partial charge in [0.2, 0.25) is 0 Å². The summed E-state index contributed by atoms with van der Waals surface area (Å²) < 4.78 is 5.33. The van der Waals surface area contributed by atoms with E-state index in [0.29, 0.717) is 0 Å². The number of unbranched alkanes of at least 4 members (excludes halogenated alkanes) is 1. The van der Waals surface area contributed by atoms with Crippen LogP contribution >= 0.6 is 24.0 Å². The average Bonchev–Trinajstić information content (AvgIpc) is 2.61. The molecule has 0 amide bonds. The zero-order valence-electron chi connectivity index (χ0n) is 16.0. The lowest BCUT2D eigenvalue weighted by Gasteiger charge is -2.19. The highest BCUT2D eigenvalue weighted by molar-refractivity contribution is 14.0. The van der Waals surface area contributed by atoms with E-state index in [0.717, 1.165) is 64.6 Å². The zero-order valence-corrected chi connectivity index (χ0v) is 18.3. The maximum Gasteiger partial charge on any atom is 0.191 e. The lowest BCUT2D eigenvalue weighted by molar-refractivity contribution is 0.146. The molecule has 2 N–H and O–H groups in total. The fraction of sp³-hybridized carbons (Fsp3) is 0.632. The van der Waals surface area contributed by atoms with Crippen LogP contribution in [0.3, 0.4) is 0 Å². The van der Waals surface area contributed by atoms with Gasteiger partial charge in [0.15, 0.2) is 5.96 Å². The van der Waals surface area contributed by atoms with Crippen molar-refractivity contribution in [3.05, 3.63) is 30.3 Å². The maximum absolute atomic E-state index is 5.33. The third kappa shape index (κ3) is 12.0. The van der Waals surface area contributed by atoms with Gasteiger partial charge in [0.1, 0.15) is 0 Å². The van der Waals surface area contributed by atoms with Crippen molar-refractivity contribution in [1.29, 1.82) is 0 Å². The van der Waals surface area contributed by atoms with E-state index in [9.17, 15) is 0 Å². The largest absolute Gasteiger partial charge is 0.382 e. The Morgan fingerprint density at radius 3 is 2.52 bits per heavy atom. The van der Waals surface area contributed by atoms with E-state index in [1.807, 2.05) is 6.92 Å². The van der Waals surface area contributed by atoms with Crippen LogP contribution in [0.1, 0.15) is 33.1 Å². The number of guanidine groups is 1. The van der Waals surface area contributed by atoms with E-state index in [1.54, 1.807) is 0 Å². The molecular weight excluding hydrogens is 427 g/mol. The van der Waals surface area contributed by atoms with Gasteiger partial charge in [-0.2, -0.15) is 0 Å². The molecule has 0 fully saturated rings. The van der Waals surface area contributed by atoms with Crippen molar-refractivity contribution in [3.8, 4) is 0 Å². The van der Waals surface area contributed by atoms with Crippen LogP contribution in [0.5, 0.6) is 0 Å². The highest BCUT2D eigenvalue weighted by atomic mass is 127. The van der Waals surface area contributed by atoms with Gasteiger partial charge in [-0.15, -0.1) is 24.0 Å². The van der Waals surface area contributed by atoms with Crippen LogP contribution in [0.25, 0.3) is 0 Å². The number of aliphatic imine (C=N–C) groups is 1. The first-order valence-corrected chi connectivity index (χ1v) is 9.14. The molecule has 0 saturated carbocycles. The van der Waals surface area contributed by atoms with Crippen molar-refractivity contribution in [3.63, 3.8) is 0 Å². The van der Waals surface area contributed by atoms with Crippen molar-refractivity contribution in [2.45, 2.75) is 33.1 Å². The molecule has 0 aromatic heterocycles. The molecule has 1 aromatic carbocycles.